The number of ether oxygens (including phenoxy) is 1. The predicted octanol–water partition coefficient (Wildman–Crippen LogP) is 3.78. The zero-order valence-corrected chi connectivity index (χ0v) is 22.1. The number of rotatable bonds is 6. The molecule has 0 heterocycles. The summed E-state index contributed by atoms with van der Waals surface area (Å²) in [6.45, 7) is 4.14. The fourth-order valence-electron chi connectivity index (χ4n) is 2.21. The standard InChI is InChI=1S/C16H16ClI3N2O5/c1-7(23)21(4)14-11(18)10(16(17)26)12(19)15(13(14)20)22(8(2)24)5-6-27-9(3)25/h5-6H2,1-4H3. The Morgan fingerprint density at radius 2 is 1.44 bits per heavy atom. The van der Waals surface area contributed by atoms with Crippen molar-refractivity contribution >= 4 is 114 Å². The fourth-order valence-corrected chi connectivity index (χ4v) is 7.68. The molecule has 27 heavy (non-hydrogen) atoms. The van der Waals surface area contributed by atoms with Crippen LogP contribution < -0.4 is 9.80 Å². The molecule has 0 fully saturated rings. The summed E-state index contributed by atoms with van der Waals surface area (Å²) in [6, 6.07) is 0. The highest BCUT2D eigenvalue weighted by Gasteiger charge is 2.30. The molecule has 0 unspecified atom stereocenters. The number of carbonyl (C=O) groups excluding carboxylic acids is 4. The zero-order chi connectivity index (χ0) is 21.0. The number of nitrogens with zero attached hydrogens (tertiary/aromatic N) is 2. The quantitative estimate of drug-likeness (QED) is 0.253. The maximum atomic E-state index is 12.3. The van der Waals surface area contributed by atoms with Gasteiger partial charge in [-0.15, -0.1) is 0 Å². The molecule has 1 aromatic rings. The Hall–Kier alpha value is -0.220. The van der Waals surface area contributed by atoms with E-state index in [0.29, 0.717) is 22.1 Å². The van der Waals surface area contributed by atoms with E-state index in [1.807, 2.05) is 67.8 Å². The normalized spacial score (nSPS) is 10.4. The van der Waals surface area contributed by atoms with Crippen LogP contribution in [0.15, 0.2) is 0 Å². The molecule has 2 amide bonds. The minimum absolute atomic E-state index is 0.00487. The molecule has 0 aliphatic carbocycles. The number of hydrogen-bond donors (Lipinski definition) is 0. The average Bonchev–Trinajstić information content (AvgIpc) is 2.51. The van der Waals surface area contributed by atoms with Crippen LogP contribution in [0.5, 0.6) is 0 Å². The molecular formula is C16H16ClI3N2O5. The predicted molar refractivity (Wildman–Crippen MR) is 129 cm³/mol. The van der Waals surface area contributed by atoms with E-state index in [4.69, 9.17) is 16.3 Å². The molecule has 0 bridgehead atoms. The average molecular weight is 732 g/mol. The van der Waals surface area contributed by atoms with Crippen molar-refractivity contribution in [3.63, 3.8) is 0 Å². The molecule has 0 spiro atoms. The van der Waals surface area contributed by atoms with Gasteiger partial charge in [0.15, 0.2) is 0 Å². The molecule has 0 aliphatic rings. The molecule has 1 rings (SSSR count). The number of anilines is 2. The summed E-state index contributed by atoms with van der Waals surface area (Å²) in [7, 11) is 1.58. The van der Waals surface area contributed by atoms with Crippen LogP contribution in [0.2, 0.25) is 0 Å². The third-order valence-electron chi connectivity index (χ3n) is 3.55. The number of benzene rings is 1. The summed E-state index contributed by atoms with van der Waals surface area (Å²) < 4.78 is 6.56. The molecule has 0 N–H and O–H groups in total. The smallest absolute Gasteiger partial charge is 0.302 e. The topological polar surface area (TPSA) is 84.0 Å². The molecule has 0 saturated carbocycles. The van der Waals surface area contributed by atoms with E-state index in [9.17, 15) is 19.2 Å². The Labute approximate surface area is 202 Å². The lowest BCUT2D eigenvalue weighted by Crippen LogP contribution is -2.35. The highest BCUT2D eigenvalue weighted by molar-refractivity contribution is 14.1. The van der Waals surface area contributed by atoms with Gasteiger partial charge in [0.2, 0.25) is 11.8 Å². The van der Waals surface area contributed by atoms with Crippen molar-refractivity contribution in [1.82, 2.24) is 0 Å². The Morgan fingerprint density at radius 3 is 1.85 bits per heavy atom. The number of amides is 2. The van der Waals surface area contributed by atoms with Gasteiger partial charge < -0.3 is 14.5 Å². The Morgan fingerprint density at radius 1 is 0.926 bits per heavy atom. The van der Waals surface area contributed by atoms with Crippen LogP contribution in [-0.4, -0.2) is 43.2 Å². The second kappa shape index (κ2) is 10.5. The molecule has 7 nitrogen and oxygen atoms in total. The fraction of sp³-hybridized carbons (Fsp3) is 0.375. The molecule has 11 heteroatoms. The van der Waals surface area contributed by atoms with Crippen molar-refractivity contribution in [2.24, 2.45) is 0 Å². The van der Waals surface area contributed by atoms with Gasteiger partial charge in [0, 0.05) is 27.8 Å². The summed E-state index contributed by atoms with van der Waals surface area (Å²) in [5, 5.41) is -0.692. The molecule has 0 saturated heterocycles. The van der Waals surface area contributed by atoms with Crippen LogP contribution in [0.3, 0.4) is 0 Å². The van der Waals surface area contributed by atoms with Gasteiger partial charge in [0.1, 0.15) is 6.61 Å². The second-order valence-corrected chi connectivity index (χ2v) is 8.96. The second-order valence-electron chi connectivity index (χ2n) is 5.38. The highest BCUT2D eigenvalue weighted by atomic mass is 127. The van der Waals surface area contributed by atoms with Gasteiger partial charge in [-0.05, 0) is 79.4 Å². The van der Waals surface area contributed by atoms with Crippen LogP contribution in [-0.2, 0) is 19.1 Å². The monoisotopic (exact) mass is 732 g/mol. The number of halogens is 4. The first kappa shape index (κ1) is 24.8. The first-order chi connectivity index (χ1) is 12.4. The summed E-state index contributed by atoms with van der Waals surface area (Å²) in [5.74, 6) is -0.997. The zero-order valence-electron chi connectivity index (χ0n) is 14.9. The largest absolute Gasteiger partial charge is 0.464 e. The number of esters is 1. The van der Waals surface area contributed by atoms with Crippen molar-refractivity contribution in [3.8, 4) is 0 Å². The van der Waals surface area contributed by atoms with E-state index in [-0.39, 0.29) is 30.5 Å². The van der Waals surface area contributed by atoms with Gasteiger partial charge in [0.05, 0.1) is 34.2 Å². The Kier molecular flexibility index (Phi) is 9.68. The van der Waals surface area contributed by atoms with Gasteiger partial charge in [-0.3, -0.25) is 19.2 Å². The van der Waals surface area contributed by atoms with E-state index in [1.54, 1.807) is 7.05 Å². The minimum atomic E-state index is -0.692. The third kappa shape index (κ3) is 5.88. The van der Waals surface area contributed by atoms with Crippen LogP contribution >= 0.6 is 79.4 Å². The molecular weight excluding hydrogens is 716 g/mol. The summed E-state index contributed by atoms with van der Waals surface area (Å²) >= 11 is 11.8. The van der Waals surface area contributed by atoms with Crippen LogP contribution in [0, 0.1) is 10.7 Å². The number of hydrogen-bond acceptors (Lipinski definition) is 5. The number of carbonyl (C=O) groups is 4. The van der Waals surface area contributed by atoms with Crippen molar-refractivity contribution in [2.75, 3.05) is 30.0 Å². The molecule has 0 atom stereocenters. The lowest BCUT2D eigenvalue weighted by Gasteiger charge is -2.29. The third-order valence-corrected chi connectivity index (χ3v) is 6.86. The Balaban J connectivity index is 3.73. The van der Waals surface area contributed by atoms with Gasteiger partial charge >= 0.3 is 5.97 Å². The van der Waals surface area contributed by atoms with E-state index < -0.39 is 11.2 Å². The maximum Gasteiger partial charge on any atom is 0.302 e. The van der Waals surface area contributed by atoms with E-state index >= 15 is 0 Å². The van der Waals surface area contributed by atoms with Gasteiger partial charge in [-0.2, -0.15) is 0 Å². The first-order valence-corrected chi connectivity index (χ1v) is 11.1. The molecule has 0 aromatic heterocycles. The molecule has 148 valence electrons. The van der Waals surface area contributed by atoms with E-state index in [1.165, 1.54) is 30.6 Å². The highest BCUT2D eigenvalue weighted by Crippen LogP contribution is 2.42. The summed E-state index contributed by atoms with van der Waals surface area (Å²) in [5.41, 5.74) is 1.15. The Bertz CT molecular complexity index is 816. The molecule has 1 aromatic carbocycles. The van der Waals surface area contributed by atoms with Crippen LogP contribution in [0.25, 0.3) is 0 Å². The SMILES string of the molecule is CC(=O)OCCN(C(C)=O)c1c(I)c(C(=O)Cl)c(I)c(N(C)C(C)=O)c1I. The van der Waals surface area contributed by atoms with Gasteiger partial charge in [-0.25, -0.2) is 0 Å². The minimum Gasteiger partial charge on any atom is -0.464 e. The van der Waals surface area contributed by atoms with E-state index in [0.717, 1.165) is 0 Å². The lowest BCUT2D eigenvalue weighted by atomic mass is 10.1. The lowest BCUT2D eigenvalue weighted by molar-refractivity contribution is -0.141. The van der Waals surface area contributed by atoms with E-state index in [2.05, 4.69) is 0 Å². The summed E-state index contributed by atoms with van der Waals surface area (Å²) in [6.07, 6.45) is 0. The summed E-state index contributed by atoms with van der Waals surface area (Å²) in [4.78, 5) is 50.1. The van der Waals surface area contributed by atoms with Crippen LogP contribution in [0.1, 0.15) is 31.1 Å². The molecule has 0 aliphatic heterocycles. The van der Waals surface area contributed by atoms with Crippen LogP contribution in [0.4, 0.5) is 11.4 Å². The first-order valence-electron chi connectivity index (χ1n) is 7.47. The molecule has 0 radical (unpaired) electrons. The van der Waals surface area contributed by atoms with Crippen molar-refractivity contribution in [2.45, 2.75) is 20.8 Å². The van der Waals surface area contributed by atoms with Crippen molar-refractivity contribution in [3.05, 3.63) is 16.3 Å². The maximum absolute atomic E-state index is 12.3. The van der Waals surface area contributed by atoms with Gasteiger partial charge in [-0.1, -0.05) is 0 Å². The van der Waals surface area contributed by atoms with Crippen molar-refractivity contribution < 1.29 is 23.9 Å². The van der Waals surface area contributed by atoms with Gasteiger partial charge in [0.25, 0.3) is 5.24 Å². The van der Waals surface area contributed by atoms with Crippen molar-refractivity contribution in [1.29, 1.82) is 0 Å².